The molecule has 1 fully saturated rings. The van der Waals surface area contributed by atoms with Gasteiger partial charge in [0.2, 0.25) is 0 Å². The highest BCUT2D eigenvalue weighted by Crippen LogP contribution is 2.35. The number of hydrogen-bond donors (Lipinski definition) is 1. The normalized spacial score (nSPS) is 16.3. The quantitative estimate of drug-likeness (QED) is 0.530. The van der Waals surface area contributed by atoms with Crippen molar-refractivity contribution < 1.29 is 19.4 Å². The fourth-order valence-corrected chi connectivity index (χ4v) is 4.83. The Morgan fingerprint density at radius 1 is 1.10 bits per heavy atom. The van der Waals surface area contributed by atoms with Crippen LogP contribution in [0.5, 0.6) is 5.75 Å². The lowest BCUT2D eigenvalue weighted by molar-refractivity contribution is -0.121. The van der Waals surface area contributed by atoms with E-state index in [4.69, 9.17) is 9.84 Å². The molecule has 8 heteroatoms. The molecule has 0 saturated carbocycles. The van der Waals surface area contributed by atoms with Crippen LogP contribution in [-0.2, 0) is 4.79 Å². The smallest absolute Gasteiger partial charge is 0.335 e. The SMILES string of the molecule is COc1ccc(-c2csc(/C=C3\SC(=Nc4ccc(C(=O)O)cc4)N(C)C3=O)c2)cc1. The largest absolute Gasteiger partial charge is 0.497 e. The molecule has 0 bridgehead atoms. The minimum absolute atomic E-state index is 0.120. The molecule has 1 amide bonds. The highest BCUT2D eigenvalue weighted by molar-refractivity contribution is 8.18. The van der Waals surface area contributed by atoms with Gasteiger partial charge in [0.05, 0.1) is 23.3 Å². The Morgan fingerprint density at radius 3 is 2.45 bits per heavy atom. The molecule has 3 aromatic rings. The molecule has 1 aliphatic heterocycles. The lowest BCUT2D eigenvalue weighted by Gasteiger charge is -2.07. The van der Waals surface area contributed by atoms with Crippen LogP contribution in [0.25, 0.3) is 17.2 Å². The van der Waals surface area contributed by atoms with Gasteiger partial charge in [-0.1, -0.05) is 12.1 Å². The molecule has 1 N–H and O–H groups in total. The summed E-state index contributed by atoms with van der Waals surface area (Å²) in [5, 5.41) is 11.6. The second-order valence-electron chi connectivity index (χ2n) is 6.69. The van der Waals surface area contributed by atoms with E-state index in [1.807, 2.05) is 36.4 Å². The summed E-state index contributed by atoms with van der Waals surface area (Å²) < 4.78 is 5.20. The van der Waals surface area contributed by atoms with Crippen LogP contribution in [0, 0.1) is 0 Å². The van der Waals surface area contributed by atoms with E-state index >= 15 is 0 Å². The first-order chi connectivity index (χ1) is 14.9. The van der Waals surface area contributed by atoms with Crippen LogP contribution < -0.4 is 4.74 Å². The second kappa shape index (κ2) is 8.79. The van der Waals surface area contributed by atoms with Crippen LogP contribution in [0.3, 0.4) is 0 Å². The van der Waals surface area contributed by atoms with Gasteiger partial charge < -0.3 is 9.84 Å². The number of nitrogens with zero attached hydrogens (tertiary/aromatic N) is 2. The van der Waals surface area contributed by atoms with Crippen molar-refractivity contribution in [3.63, 3.8) is 0 Å². The lowest BCUT2D eigenvalue weighted by atomic mass is 10.1. The standard InChI is InChI=1S/C23H18N2O4S2/c1-25-21(26)20(31-23(25)24-17-7-3-15(4-8-17)22(27)28)12-19-11-16(13-30-19)14-5-9-18(29-2)10-6-14/h3-13H,1-2H3,(H,27,28)/b20-12-,24-23?. The first-order valence-electron chi connectivity index (χ1n) is 9.27. The minimum Gasteiger partial charge on any atom is -0.497 e. The number of rotatable bonds is 5. The average molecular weight is 451 g/mol. The number of benzene rings is 2. The summed E-state index contributed by atoms with van der Waals surface area (Å²) in [7, 11) is 3.32. The molecule has 0 atom stereocenters. The number of carbonyl (C=O) groups excluding carboxylic acids is 1. The Morgan fingerprint density at radius 2 is 1.81 bits per heavy atom. The van der Waals surface area contributed by atoms with Gasteiger partial charge in [-0.15, -0.1) is 11.3 Å². The number of aromatic carboxylic acids is 1. The maximum atomic E-state index is 12.7. The van der Waals surface area contributed by atoms with E-state index in [0.717, 1.165) is 21.8 Å². The van der Waals surface area contributed by atoms with Gasteiger partial charge in [-0.05, 0) is 76.8 Å². The minimum atomic E-state index is -0.989. The van der Waals surface area contributed by atoms with E-state index < -0.39 is 5.97 Å². The number of amidine groups is 1. The monoisotopic (exact) mass is 450 g/mol. The zero-order chi connectivity index (χ0) is 22.0. The fraction of sp³-hybridized carbons (Fsp3) is 0.0870. The van der Waals surface area contributed by atoms with Gasteiger partial charge in [-0.2, -0.15) is 0 Å². The average Bonchev–Trinajstić information content (AvgIpc) is 3.35. The molecular formula is C23H18N2O4S2. The van der Waals surface area contributed by atoms with Gasteiger partial charge in [0.25, 0.3) is 5.91 Å². The van der Waals surface area contributed by atoms with Crippen LogP contribution in [0.4, 0.5) is 5.69 Å². The summed E-state index contributed by atoms with van der Waals surface area (Å²) in [6, 6.07) is 16.1. The Labute approximate surface area is 187 Å². The zero-order valence-electron chi connectivity index (χ0n) is 16.7. The molecular weight excluding hydrogens is 432 g/mol. The van der Waals surface area contributed by atoms with E-state index in [1.54, 1.807) is 37.6 Å². The summed E-state index contributed by atoms with van der Waals surface area (Å²) in [6.07, 6.45) is 1.87. The number of aliphatic imine (C=N–C) groups is 1. The molecule has 2 aromatic carbocycles. The maximum Gasteiger partial charge on any atom is 0.335 e. The van der Waals surface area contributed by atoms with Crippen LogP contribution in [-0.4, -0.2) is 41.2 Å². The van der Waals surface area contributed by atoms with Gasteiger partial charge >= 0.3 is 5.97 Å². The van der Waals surface area contributed by atoms with Gasteiger partial charge in [0.1, 0.15) is 5.75 Å². The second-order valence-corrected chi connectivity index (χ2v) is 8.64. The first-order valence-corrected chi connectivity index (χ1v) is 11.0. The number of carbonyl (C=O) groups is 2. The predicted molar refractivity (Wildman–Crippen MR) is 125 cm³/mol. The lowest BCUT2D eigenvalue weighted by Crippen LogP contribution is -2.23. The molecule has 6 nitrogen and oxygen atoms in total. The highest BCUT2D eigenvalue weighted by atomic mass is 32.2. The van der Waals surface area contributed by atoms with Crippen molar-refractivity contribution in [2.75, 3.05) is 14.2 Å². The molecule has 1 saturated heterocycles. The molecule has 0 unspecified atom stereocenters. The third-order valence-electron chi connectivity index (χ3n) is 4.66. The van der Waals surface area contributed by atoms with Crippen molar-refractivity contribution >= 4 is 51.9 Å². The van der Waals surface area contributed by atoms with Gasteiger partial charge in [-0.3, -0.25) is 9.69 Å². The van der Waals surface area contributed by atoms with Crippen LogP contribution in [0.15, 0.2) is 69.9 Å². The van der Waals surface area contributed by atoms with Crippen molar-refractivity contribution in [3.05, 3.63) is 75.3 Å². The van der Waals surface area contributed by atoms with Gasteiger partial charge in [0, 0.05) is 11.9 Å². The number of hydrogen-bond acceptors (Lipinski definition) is 6. The topological polar surface area (TPSA) is 79.2 Å². The molecule has 1 aliphatic rings. The molecule has 0 radical (unpaired) electrons. The van der Waals surface area contributed by atoms with Crippen molar-refractivity contribution in [3.8, 4) is 16.9 Å². The fourth-order valence-electron chi connectivity index (χ4n) is 2.93. The summed E-state index contributed by atoms with van der Waals surface area (Å²) in [6.45, 7) is 0. The van der Waals surface area contributed by atoms with Crippen molar-refractivity contribution in [1.29, 1.82) is 0 Å². The number of methoxy groups -OCH3 is 1. The van der Waals surface area contributed by atoms with Gasteiger partial charge in [0.15, 0.2) is 5.17 Å². The third kappa shape index (κ3) is 4.55. The number of thiophene rings is 1. The highest BCUT2D eigenvalue weighted by Gasteiger charge is 2.30. The molecule has 1 aromatic heterocycles. The number of carboxylic acid groups (broad SMARTS) is 1. The Kier molecular flexibility index (Phi) is 5.92. The summed E-state index contributed by atoms with van der Waals surface area (Å²) in [5.74, 6) is -0.302. The predicted octanol–water partition coefficient (Wildman–Crippen LogP) is 5.36. The molecule has 0 spiro atoms. The van der Waals surface area contributed by atoms with Crippen molar-refractivity contribution in [2.45, 2.75) is 0 Å². The van der Waals surface area contributed by atoms with E-state index in [0.29, 0.717) is 15.8 Å². The number of amides is 1. The molecule has 156 valence electrons. The molecule has 31 heavy (non-hydrogen) atoms. The first kappa shape index (κ1) is 20.9. The van der Waals surface area contributed by atoms with Crippen LogP contribution in [0.2, 0.25) is 0 Å². The Balaban J connectivity index is 1.54. The maximum absolute atomic E-state index is 12.7. The van der Waals surface area contributed by atoms with Crippen molar-refractivity contribution in [2.24, 2.45) is 4.99 Å². The summed E-state index contributed by atoms with van der Waals surface area (Å²) >= 11 is 2.87. The number of ether oxygens (including phenoxy) is 1. The van der Waals surface area contributed by atoms with E-state index in [-0.39, 0.29) is 11.5 Å². The summed E-state index contributed by atoms with van der Waals surface area (Å²) in [4.78, 5) is 31.2. The van der Waals surface area contributed by atoms with E-state index in [1.165, 1.54) is 28.8 Å². The van der Waals surface area contributed by atoms with E-state index in [9.17, 15) is 9.59 Å². The Bertz CT molecular complexity index is 1200. The summed E-state index contributed by atoms with van der Waals surface area (Å²) in [5.41, 5.74) is 2.94. The van der Waals surface area contributed by atoms with Gasteiger partial charge in [-0.25, -0.2) is 9.79 Å². The van der Waals surface area contributed by atoms with Crippen LogP contribution in [0.1, 0.15) is 15.2 Å². The van der Waals surface area contributed by atoms with Crippen LogP contribution >= 0.6 is 23.1 Å². The third-order valence-corrected chi connectivity index (χ3v) is 6.60. The molecule has 0 aliphatic carbocycles. The number of carboxylic acids is 1. The van der Waals surface area contributed by atoms with Crippen molar-refractivity contribution in [1.82, 2.24) is 4.90 Å². The van der Waals surface area contributed by atoms with E-state index in [2.05, 4.69) is 10.4 Å². The molecule has 4 rings (SSSR count). The number of thioether (sulfide) groups is 1. The molecule has 2 heterocycles. The Hall–Kier alpha value is -3.36. The number of likely N-dealkylation sites (N-methyl/N-ethyl adjacent to an activating group) is 1. The zero-order valence-corrected chi connectivity index (χ0v) is 18.4.